The summed E-state index contributed by atoms with van der Waals surface area (Å²) in [6, 6.07) is 11.8. The summed E-state index contributed by atoms with van der Waals surface area (Å²) in [5, 5.41) is 11.0. The number of amides is 4. The second-order valence-corrected chi connectivity index (χ2v) is 7.02. The first kappa shape index (κ1) is 20.3. The highest BCUT2D eigenvalue weighted by atomic mass is 79.9. The van der Waals surface area contributed by atoms with E-state index in [1.165, 1.54) is 25.1 Å². The summed E-state index contributed by atoms with van der Waals surface area (Å²) < 4.78 is 6.01. The average Bonchev–Trinajstić information content (AvgIpc) is 2.67. The quantitative estimate of drug-likeness (QED) is 0.525. The van der Waals surface area contributed by atoms with Crippen molar-refractivity contribution in [2.24, 2.45) is 0 Å². The highest BCUT2D eigenvalue weighted by molar-refractivity contribution is 9.10. The Hall–Kier alpha value is -3.46. The Balaban J connectivity index is 1.86. The molecule has 1 fully saturated rings. The molecular formula is C20H15BrN2O6. The minimum absolute atomic E-state index is 0.208. The fourth-order valence-electron chi connectivity index (χ4n) is 2.55. The largest absolute Gasteiger partial charge is 0.479 e. The predicted molar refractivity (Wildman–Crippen MR) is 107 cm³/mol. The van der Waals surface area contributed by atoms with Crippen molar-refractivity contribution in [3.63, 3.8) is 0 Å². The van der Waals surface area contributed by atoms with E-state index in [0.717, 1.165) is 9.37 Å². The molecule has 148 valence electrons. The van der Waals surface area contributed by atoms with E-state index in [2.05, 4.69) is 21.2 Å². The molecule has 0 spiro atoms. The first-order valence-corrected chi connectivity index (χ1v) is 9.22. The van der Waals surface area contributed by atoms with E-state index < -0.39 is 29.9 Å². The number of aliphatic carboxylic acids is 1. The molecule has 8 nitrogen and oxygen atoms in total. The molecule has 1 aliphatic rings. The average molecular weight is 459 g/mol. The van der Waals surface area contributed by atoms with Gasteiger partial charge < -0.3 is 9.84 Å². The van der Waals surface area contributed by atoms with Crippen LogP contribution in [0.4, 0.5) is 10.5 Å². The van der Waals surface area contributed by atoms with Gasteiger partial charge in [-0.05, 0) is 55.0 Å². The Morgan fingerprint density at radius 2 is 1.72 bits per heavy atom. The first-order chi connectivity index (χ1) is 13.8. The first-order valence-electron chi connectivity index (χ1n) is 8.43. The second-order valence-electron chi connectivity index (χ2n) is 6.10. The number of hydrogen-bond acceptors (Lipinski definition) is 5. The van der Waals surface area contributed by atoms with E-state index in [-0.39, 0.29) is 5.57 Å². The topological polar surface area (TPSA) is 113 Å². The normalized spacial score (nSPS) is 16.6. The van der Waals surface area contributed by atoms with Crippen molar-refractivity contribution in [1.82, 2.24) is 5.32 Å². The molecule has 1 saturated heterocycles. The molecule has 1 atom stereocenters. The Bertz CT molecular complexity index is 1010. The molecule has 0 bridgehead atoms. The lowest BCUT2D eigenvalue weighted by atomic mass is 10.1. The van der Waals surface area contributed by atoms with Crippen molar-refractivity contribution in [1.29, 1.82) is 0 Å². The van der Waals surface area contributed by atoms with Gasteiger partial charge in [0.05, 0.1) is 5.69 Å². The fraction of sp³-hybridized carbons (Fsp3) is 0.100. The van der Waals surface area contributed by atoms with Crippen molar-refractivity contribution in [3.05, 3.63) is 64.1 Å². The van der Waals surface area contributed by atoms with Gasteiger partial charge in [-0.1, -0.05) is 28.1 Å². The van der Waals surface area contributed by atoms with Crippen LogP contribution < -0.4 is 15.0 Å². The highest BCUT2D eigenvalue weighted by Crippen LogP contribution is 2.24. The second kappa shape index (κ2) is 8.27. The molecule has 0 aliphatic carbocycles. The predicted octanol–water partition coefficient (Wildman–Crippen LogP) is 2.97. The Morgan fingerprint density at radius 3 is 2.31 bits per heavy atom. The number of urea groups is 1. The van der Waals surface area contributed by atoms with Gasteiger partial charge in [0.15, 0.2) is 6.10 Å². The maximum absolute atomic E-state index is 12.8. The lowest BCUT2D eigenvalue weighted by Gasteiger charge is -2.26. The minimum atomic E-state index is -1.10. The lowest BCUT2D eigenvalue weighted by Crippen LogP contribution is -2.54. The number of carbonyl (C=O) groups excluding carboxylic acids is 3. The third-order valence-corrected chi connectivity index (χ3v) is 4.57. The summed E-state index contributed by atoms with van der Waals surface area (Å²) >= 11 is 3.28. The van der Waals surface area contributed by atoms with Crippen LogP contribution in [0.2, 0.25) is 0 Å². The number of imide groups is 2. The van der Waals surface area contributed by atoms with Crippen molar-refractivity contribution in [3.8, 4) is 5.75 Å². The standard InChI is InChI=1S/C20H15BrN2O6/c1-11(19(26)27)29-15-8-2-12(3-9-15)10-16-17(24)22-20(28)23(18(16)25)14-6-4-13(21)5-7-14/h2-11H,1H3,(H,26,27)(H,22,24,28)/b16-10+/t11-/m0/s1. The van der Waals surface area contributed by atoms with Crippen LogP contribution in [0.3, 0.4) is 0 Å². The number of carbonyl (C=O) groups is 4. The highest BCUT2D eigenvalue weighted by Gasteiger charge is 2.36. The number of ether oxygens (including phenoxy) is 1. The third-order valence-electron chi connectivity index (χ3n) is 4.04. The molecule has 1 aliphatic heterocycles. The monoisotopic (exact) mass is 458 g/mol. The van der Waals surface area contributed by atoms with Crippen molar-refractivity contribution in [2.75, 3.05) is 4.90 Å². The van der Waals surface area contributed by atoms with Crippen LogP contribution >= 0.6 is 15.9 Å². The Kier molecular flexibility index (Phi) is 5.79. The molecule has 1 heterocycles. The van der Waals surface area contributed by atoms with Gasteiger partial charge in [0.2, 0.25) is 0 Å². The van der Waals surface area contributed by atoms with Crippen LogP contribution in [0.15, 0.2) is 58.6 Å². The van der Waals surface area contributed by atoms with Crippen molar-refractivity contribution in [2.45, 2.75) is 13.0 Å². The summed E-state index contributed by atoms with van der Waals surface area (Å²) in [6.07, 6.45) is 0.329. The molecule has 0 aromatic heterocycles. The van der Waals surface area contributed by atoms with Crippen LogP contribution in [0.1, 0.15) is 12.5 Å². The van der Waals surface area contributed by atoms with Gasteiger partial charge in [-0.3, -0.25) is 14.9 Å². The molecule has 0 unspecified atom stereocenters. The van der Waals surface area contributed by atoms with Crippen LogP contribution in [-0.2, 0) is 14.4 Å². The number of nitrogens with one attached hydrogen (secondary N) is 1. The van der Waals surface area contributed by atoms with E-state index >= 15 is 0 Å². The van der Waals surface area contributed by atoms with Crippen LogP contribution in [0.25, 0.3) is 6.08 Å². The van der Waals surface area contributed by atoms with Crippen LogP contribution in [0, 0.1) is 0 Å². The summed E-state index contributed by atoms with van der Waals surface area (Å²) in [5.74, 6) is -2.32. The number of anilines is 1. The zero-order chi connectivity index (χ0) is 21.1. The number of rotatable bonds is 5. The summed E-state index contributed by atoms with van der Waals surface area (Å²) in [4.78, 5) is 48.9. The molecule has 3 rings (SSSR count). The molecule has 0 radical (unpaired) electrons. The SMILES string of the molecule is C[C@H](Oc1ccc(/C=C2\C(=O)NC(=O)N(c3ccc(Br)cc3)C2=O)cc1)C(=O)O. The van der Waals surface area contributed by atoms with Crippen molar-refractivity contribution < 1.29 is 29.0 Å². The summed E-state index contributed by atoms with van der Waals surface area (Å²) in [6.45, 7) is 1.40. The molecule has 2 aromatic rings. The minimum Gasteiger partial charge on any atom is -0.479 e. The molecule has 0 saturated carbocycles. The number of carboxylic acid groups (broad SMARTS) is 1. The molecule has 2 aromatic carbocycles. The maximum atomic E-state index is 12.8. The van der Waals surface area contributed by atoms with Gasteiger partial charge in [-0.25, -0.2) is 14.5 Å². The van der Waals surface area contributed by atoms with Crippen LogP contribution in [-0.4, -0.2) is 35.0 Å². The number of carboxylic acids is 1. The zero-order valence-electron chi connectivity index (χ0n) is 15.1. The summed E-state index contributed by atoms with van der Waals surface area (Å²) in [7, 11) is 0. The molecule has 2 N–H and O–H groups in total. The van der Waals surface area contributed by atoms with Gasteiger partial charge >= 0.3 is 12.0 Å². The third kappa shape index (κ3) is 4.52. The molecule has 9 heteroatoms. The van der Waals surface area contributed by atoms with E-state index in [1.54, 1.807) is 36.4 Å². The van der Waals surface area contributed by atoms with Gasteiger partial charge in [0.1, 0.15) is 11.3 Å². The lowest BCUT2D eigenvalue weighted by molar-refractivity contribution is -0.144. The number of nitrogens with zero attached hydrogens (tertiary/aromatic N) is 1. The Morgan fingerprint density at radius 1 is 1.10 bits per heavy atom. The van der Waals surface area contributed by atoms with Crippen molar-refractivity contribution >= 4 is 51.5 Å². The van der Waals surface area contributed by atoms with Gasteiger partial charge in [0, 0.05) is 4.47 Å². The zero-order valence-corrected chi connectivity index (χ0v) is 16.7. The fourth-order valence-corrected chi connectivity index (χ4v) is 2.81. The van der Waals surface area contributed by atoms with E-state index in [1.807, 2.05) is 0 Å². The molecule has 4 amide bonds. The Labute approximate surface area is 173 Å². The molecular weight excluding hydrogens is 444 g/mol. The number of hydrogen-bond donors (Lipinski definition) is 2. The van der Waals surface area contributed by atoms with Gasteiger partial charge in [-0.2, -0.15) is 0 Å². The number of barbiturate groups is 1. The number of halogens is 1. The summed E-state index contributed by atoms with van der Waals surface area (Å²) in [5.41, 5.74) is 0.615. The van der Waals surface area contributed by atoms with E-state index in [9.17, 15) is 19.2 Å². The number of benzene rings is 2. The van der Waals surface area contributed by atoms with E-state index in [4.69, 9.17) is 9.84 Å². The smallest absolute Gasteiger partial charge is 0.344 e. The van der Waals surface area contributed by atoms with Crippen LogP contribution in [0.5, 0.6) is 5.75 Å². The van der Waals surface area contributed by atoms with Gasteiger partial charge in [0.25, 0.3) is 11.8 Å². The maximum Gasteiger partial charge on any atom is 0.344 e. The van der Waals surface area contributed by atoms with E-state index in [0.29, 0.717) is 17.0 Å². The van der Waals surface area contributed by atoms with Gasteiger partial charge in [-0.15, -0.1) is 0 Å². The molecule has 29 heavy (non-hydrogen) atoms.